The maximum absolute atomic E-state index is 14.1. The summed E-state index contributed by atoms with van der Waals surface area (Å²) in [4.78, 5) is 50.0. The van der Waals surface area contributed by atoms with Crippen molar-refractivity contribution in [2.24, 2.45) is 28.7 Å². The molecule has 46 heavy (non-hydrogen) atoms. The van der Waals surface area contributed by atoms with Gasteiger partial charge in [-0.15, -0.1) is 0 Å². The average molecular weight is 652 g/mol. The summed E-state index contributed by atoms with van der Waals surface area (Å²) in [5.74, 6) is -3.46. The van der Waals surface area contributed by atoms with Crippen LogP contribution in [0.1, 0.15) is 81.6 Å². The van der Waals surface area contributed by atoms with Gasteiger partial charge in [0, 0.05) is 37.2 Å². The molecule has 0 saturated carbocycles. The maximum Gasteiger partial charge on any atom is 0.411 e. The lowest BCUT2D eigenvalue weighted by Crippen LogP contribution is -2.60. The molecule has 3 saturated heterocycles. The molecule has 1 N–H and O–H groups in total. The second-order valence-corrected chi connectivity index (χ2v) is 14.8. The number of ketones is 1. The highest BCUT2D eigenvalue weighted by Crippen LogP contribution is 2.44. The fraction of sp³-hybridized carbons (Fsp3) is 0.882. The summed E-state index contributed by atoms with van der Waals surface area (Å²) in [6.07, 6.45) is -2.95. The largest absolute Gasteiger partial charge is 0.458 e. The highest BCUT2D eigenvalue weighted by atomic mass is 16.7. The molecule has 0 radical (unpaired) electrons. The summed E-state index contributed by atoms with van der Waals surface area (Å²) in [7, 11) is 5.39. The predicted molar refractivity (Wildman–Crippen MR) is 171 cm³/mol. The molecule has 1 amide bonds. The van der Waals surface area contributed by atoms with Gasteiger partial charge in [-0.25, -0.2) is 4.79 Å². The fourth-order valence-electron chi connectivity index (χ4n) is 8.50. The Hall–Kier alpha value is -2.12. The number of rotatable bonds is 5. The molecule has 4 aliphatic rings. The summed E-state index contributed by atoms with van der Waals surface area (Å²) < 4.78 is 31.2. The van der Waals surface area contributed by atoms with Crippen molar-refractivity contribution in [1.29, 1.82) is 0 Å². The summed E-state index contributed by atoms with van der Waals surface area (Å²) in [5, 5.41) is 11.4. The lowest BCUT2D eigenvalue weighted by atomic mass is 9.73. The highest BCUT2D eigenvalue weighted by Gasteiger charge is 2.60. The number of hydrogen-bond acceptors (Lipinski definition) is 11. The van der Waals surface area contributed by atoms with Crippen LogP contribution < -0.4 is 0 Å². The number of likely N-dealkylation sites (N-methyl/N-ethyl adjacent to an activating group) is 1. The van der Waals surface area contributed by atoms with E-state index in [0.717, 1.165) is 5.71 Å². The Morgan fingerprint density at radius 3 is 2.30 bits per heavy atom. The minimum absolute atomic E-state index is 0.163. The van der Waals surface area contributed by atoms with E-state index in [1.807, 2.05) is 60.5 Å². The molecule has 4 heterocycles. The van der Waals surface area contributed by atoms with Gasteiger partial charge in [0.2, 0.25) is 0 Å². The number of fused-ring (bicyclic) bond motifs is 1. The van der Waals surface area contributed by atoms with Crippen LogP contribution in [0.4, 0.5) is 4.79 Å². The molecule has 0 spiro atoms. The first-order valence-corrected chi connectivity index (χ1v) is 16.9. The Morgan fingerprint density at radius 2 is 1.72 bits per heavy atom. The third-order valence-electron chi connectivity index (χ3n) is 11.0. The number of esters is 1. The van der Waals surface area contributed by atoms with Gasteiger partial charge in [-0.2, -0.15) is 0 Å². The minimum Gasteiger partial charge on any atom is -0.458 e. The van der Waals surface area contributed by atoms with Gasteiger partial charge in [0.1, 0.15) is 18.1 Å². The van der Waals surface area contributed by atoms with Gasteiger partial charge in [-0.05, 0) is 73.9 Å². The number of cyclic esters (lactones) is 1. The van der Waals surface area contributed by atoms with E-state index in [4.69, 9.17) is 28.7 Å². The first-order chi connectivity index (χ1) is 21.4. The van der Waals surface area contributed by atoms with Gasteiger partial charge in [0.25, 0.3) is 0 Å². The SMILES string of the molecule is CCC1OC(=O)[C@H](C)C(=O)[C@H](C)[C@@H](O[C@@H]2O[C@H](C)C[C@H](N(C)C)[C@H]2O)[C@](C)(OC)C[C@@H](C)C2=N[C@@H](C)CN3C(=O)O[C@@]1(C)[C@H]3[C@H]2C. The van der Waals surface area contributed by atoms with E-state index in [2.05, 4.69) is 6.92 Å². The number of carbonyl (C=O) groups excluding carboxylic acids is 3. The van der Waals surface area contributed by atoms with Crippen LogP contribution in [0.15, 0.2) is 4.99 Å². The highest BCUT2D eigenvalue weighted by molar-refractivity contribution is 6.00. The summed E-state index contributed by atoms with van der Waals surface area (Å²) >= 11 is 0. The van der Waals surface area contributed by atoms with Crippen LogP contribution in [-0.2, 0) is 33.3 Å². The summed E-state index contributed by atoms with van der Waals surface area (Å²) in [6, 6.07) is -0.871. The first kappa shape index (κ1) is 36.7. The van der Waals surface area contributed by atoms with Crippen LogP contribution in [0, 0.1) is 23.7 Å². The fourth-order valence-corrected chi connectivity index (χ4v) is 8.50. The molecule has 2 bridgehead atoms. The third kappa shape index (κ3) is 6.61. The molecule has 0 aliphatic carbocycles. The number of amides is 1. The number of nitrogens with zero attached hydrogens (tertiary/aromatic N) is 3. The summed E-state index contributed by atoms with van der Waals surface area (Å²) in [5.41, 5.74) is -1.34. The Balaban J connectivity index is 1.83. The van der Waals surface area contributed by atoms with E-state index in [9.17, 15) is 19.5 Å². The second-order valence-electron chi connectivity index (χ2n) is 14.8. The van der Waals surface area contributed by atoms with Gasteiger partial charge in [-0.1, -0.05) is 27.7 Å². The first-order valence-electron chi connectivity index (χ1n) is 16.9. The number of Topliss-reactive ketones (excluding diaryl/α,β-unsaturated/α-hetero) is 1. The standard InChI is InChI=1S/C34H57N3O9/c1-13-24-34(9)28-20(5)25(35-18(3)16-37(28)32(41)46-34)17(2)15-33(8,42-12)29(21(6)26(38)22(7)30(40)44-24)45-31-27(39)23(36(10)11)14-19(4)43-31/h17-24,27-29,31,39H,13-16H2,1-12H3/t17-,18+,19-,20+,21+,22-,23+,24?,27-,28-,29-,31+,33-,34-/m1/s1. The topological polar surface area (TPSA) is 136 Å². The number of aliphatic hydroxyl groups is 1. The molecule has 262 valence electrons. The predicted octanol–water partition coefficient (Wildman–Crippen LogP) is 3.46. The molecular formula is C34H57N3O9. The molecule has 14 atom stereocenters. The van der Waals surface area contributed by atoms with E-state index in [1.165, 1.54) is 6.92 Å². The normalized spacial score (nSPS) is 45.9. The van der Waals surface area contributed by atoms with Crippen LogP contribution in [0.2, 0.25) is 0 Å². The quantitative estimate of drug-likeness (QED) is 0.348. The van der Waals surface area contributed by atoms with Gasteiger partial charge in [0.05, 0.1) is 29.9 Å². The van der Waals surface area contributed by atoms with Crippen molar-refractivity contribution in [2.45, 2.75) is 142 Å². The Bertz CT molecular complexity index is 1180. The van der Waals surface area contributed by atoms with Crippen molar-refractivity contribution >= 4 is 23.6 Å². The zero-order valence-corrected chi connectivity index (χ0v) is 29.8. The zero-order chi connectivity index (χ0) is 34.5. The van der Waals surface area contributed by atoms with Crippen LogP contribution in [0.3, 0.4) is 0 Å². The molecule has 12 heteroatoms. The smallest absolute Gasteiger partial charge is 0.411 e. The van der Waals surface area contributed by atoms with Crippen molar-refractivity contribution < 1.29 is 43.2 Å². The molecule has 12 nitrogen and oxygen atoms in total. The van der Waals surface area contributed by atoms with Crippen molar-refractivity contribution in [3.8, 4) is 0 Å². The Labute approximate surface area is 274 Å². The van der Waals surface area contributed by atoms with E-state index in [-0.39, 0.29) is 35.8 Å². The van der Waals surface area contributed by atoms with Crippen LogP contribution >= 0.6 is 0 Å². The number of methoxy groups -OCH3 is 1. The van der Waals surface area contributed by atoms with Gasteiger partial charge >= 0.3 is 12.1 Å². The molecule has 0 aromatic heterocycles. The van der Waals surface area contributed by atoms with Gasteiger partial charge < -0.3 is 33.7 Å². The molecular weight excluding hydrogens is 594 g/mol. The Morgan fingerprint density at radius 1 is 1.07 bits per heavy atom. The monoisotopic (exact) mass is 651 g/mol. The number of hydrogen-bond donors (Lipinski definition) is 1. The van der Waals surface area contributed by atoms with Crippen LogP contribution in [0.25, 0.3) is 0 Å². The van der Waals surface area contributed by atoms with Crippen molar-refractivity contribution in [3.05, 3.63) is 0 Å². The lowest BCUT2D eigenvalue weighted by molar-refractivity contribution is -0.295. The van der Waals surface area contributed by atoms with E-state index >= 15 is 0 Å². The minimum atomic E-state index is -1.16. The van der Waals surface area contributed by atoms with E-state index in [0.29, 0.717) is 25.8 Å². The molecule has 4 rings (SSSR count). The average Bonchev–Trinajstić information content (AvgIpc) is 3.15. The third-order valence-corrected chi connectivity index (χ3v) is 11.0. The zero-order valence-electron chi connectivity index (χ0n) is 29.8. The van der Waals surface area contributed by atoms with E-state index < -0.39 is 65.7 Å². The number of aliphatic imine (C=N–C) groups is 1. The van der Waals surface area contributed by atoms with Crippen molar-refractivity contribution in [3.63, 3.8) is 0 Å². The molecule has 3 fully saturated rings. The van der Waals surface area contributed by atoms with Crippen molar-refractivity contribution in [2.75, 3.05) is 27.7 Å². The van der Waals surface area contributed by atoms with Gasteiger partial charge in [0.15, 0.2) is 17.7 Å². The number of carbonyl (C=O) groups is 3. The molecule has 0 aromatic rings. The number of ether oxygens (including phenoxy) is 5. The molecule has 4 aliphatic heterocycles. The van der Waals surface area contributed by atoms with Crippen LogP contribution in [0.5, 0.6) is 0 Å². The molecule has 0 aromatic carbocycles. The maximum atomic E-state index is 14.1. The van der Waals surface area contributed by atoms with Crippen LogP contribution in [-0.4, -0.2) is 126 Å². The van der Waals surface area contributed by atoms with E-state index in [1.54, 1.807) is 18.9 Å². The molecule has 1 unspecified atom stereocenters. The second kappa shape index (κ2) is 13.8. The number of aliphatic hydroxyl groups excluding tert-OH is 1. The van der Waals surface area contributed by atoms with Gasteiger partial charge in [-0.3, -0.25) is 19.5 Å². The lowest BCUT2D eigenvalue weighted by Gasteiger charge is -2.47. The van der Waals surface area contributed by atoms with Crippen molar-refractivity contribution in [1.82, 2.24) is 9.80 Å². The Kier molecular flexibility index (Phi) is 11.0. The summed E-state index contributed by atoms with van der Waals surface area (Å²) in [6.45, 7) is 17.3.